The lowest BCUT2D eigenvalue weighted by Crippen LogP contribution is -2.60. The SMILES string of the molecule is CCCN1C(=O)C2CC=C3C(CC4(Cl)C(=O)N(c5ccc(F)cc5)C(=O)C4(Cl)C3c3ccc(O)cc3OC)C2C1=O. The smallest absolute Gasteiger partial charge is 0.258 e. The van der Waals surface area contributed by atoms with Gasteiger partial charge in [0.05, 0.1) is 24.6 Å². The Morgan fingerprint density at radius 1 is 1.02 bits per heavy atom. The molecule has 41 heavy (non-hydrogen) atoms. The molecule has 2 aromatic rings. The molecule has 4 amide bonds. The van der Waals surface area contributed by atoms with Gasteiger partial charge in [-0.1, -0.05) is 24.6 Å². The van der Waals surface area contributed by atoms with Crippen LogP contribution in [0.3, 0.4) is 0 Å². The van der Waals surface area contributed by atoms with Crippen molar-refractivity contribution in [3.05, 3.63) is 65.5 Å². The number of amides is 4. The Hall–Kier alpha value is -3.43. The minimum absolute atomic E-state index is 0.0926. The molecule has 1 N–H and O–H groups in total. The Morgan fingerprint density at radius 2 is 1.73 bits per heavy atom. The summed E-state index contributed by atoms with van der Waals surface area (Å²) in [7, 11) is 1.40. The second kappa shape index (κ2) is 9.56. The number of benzene rings is 2. The van der Waals surface area contributed by atoms with Crippen molar-refractivity contribution in [2.75, 3.05) is 18.6 Å². The number of hydrogen-bond acceptors (Lipinski definition) is 6. The van der Waals surface area contributed by atoms with Gasteiger partial charge in [0.2, 0.25) is 11.8 Å². The average molecular weight is 601 g/mol. The van der Waals surface area contributed by atoms with Crippen LogP contribution in [0.1, 0.15) is 37.7 Å². The number of carbonyl (C=O) groups is 4. The quantitative estimate of drug-likeness (QED) is 0.307. The average Bonchev–Trinajstić information content (AvgIpc) is 3.28. The normalized spacial score (nSPS) is 32.6. The number of aromatic hydroxyl groups is 1. The number of fused-ring (bicyclic) bond motifs is 4. The summed E-state index contributed by atoms with van der Waals surface area (Å²) in [5.41, 5.74) is 1.11. The molecule has 2 aliphatic carbocycles. The molecule has 6 rings (SSSR count). The first-order valence-corrected chi connectivity index (χ1v) is 14.2. The van der Waals surface area contributed by atoms with E-state index in [1.807, 2.05) is 13.0 Å². The van der Waals surface area contributed by atoms with Crippen molar-refractivity contribution in [3.8, 4) is 11.5 Å². The second-order valence-electron chi connectivity index (χ2n) is 11.0. The number of carbonyl (C=O) groups excluding carboxylic acids is 4. The molecule has 0 radical (unpaired) electrons. The number of alkyl halides is 2. The molecule has 2 aromatic carbocycles. The first kappa shape index (κ1) is 27.7. The van der Waals surface area contributed by atoms with Gasteiger partial charge in [0, 0.05) is 24.1 Å². The number of imide groups is 2. The summed E-state index contributed by atoms with van der Waals surface area (Å²) in [5.74, 6) is -5.75. The molecule has 214 valence electrons. The van der Waals surface area contributed by atoms with Crippen LogP contribution < -0.4 is 9.64 Å². The summed E-state index contributed by atoms with van der Waals surface area (Å²) in [6, 6.07) is 9.17. The number of ether oxygens (including phenoxy) is 1. The van der Waals surface area contributed by atoms with Crippen LogP contribution in [-0.4, -0.2) is 57.0 Å². The van der Waals surface area contributed by atoms with Gasteiger partial charge in [0.1, 0.15) is 17.3 Å². The molecule has 0 bridgehead atoms. The lowest BCUT2D eigenvalue weighted by Gasteiger charge is -2.50. The topological polar surface area (TPSA) is 104 Å². The summed E-state index contributed by atoms with van der Waals surface area (Å²) in [6.45, 7) is 2.16. The minimum atomic E-state index is -2.08. The van der Waals surface area contributed by atoms with Crippen molar-refractivity contribution in [1.82, 2.24) is 4.90 Å². The minimum Gasteiger partial charge on any atom is -0.508 e. The number of rotatable bonds is 5. The van der Waals surface area contributed by atoms with Gasteiger partial charge in [-0.3, -0.25) is 24.1 Å². The zero-order chi connectivity index (χ0) is 29.4. The van der Waals surface area contributed by atoms with Crippen LogP contribution in [0, 0.1) is 23.6 Å². The Morgan fingerprint density at radius 3 is 2.39 bits per heavy atom. The van der Waals surface area contributed by atoms with Gasteiger partial charge in [0.25, 0.3) is 11.8 Å². The van der Waals surface area contributed by atoms with Crippen molar-refractivity contribution in [2.45, 2.75) is 41.9 Å². The van der Waals surface area contributed by atoms with Crippen molar-refractivity contribution in [3.63, 3.8) is 0 Å². The van der Waals surface area contributed by atoms with Gasteiger partial charge < -0.3 is 9.84 Å². The van der Waals surface area contributed by atoms with E-state index in [4.69, 9.17) is 27.9 Å². The highest BCUT2D eigenvalue weighted by molar-refractivity contribution is 6.58. The molecule has 3 fully saturated rings. The zero-order valence-electron chi connectivity index (χ0n) is 22.3. The predicted molar refractivity (Wildman–Crippen MR) is 148 cm³/mol. The first-order valence-electron chi connectivity index (χ1n) is 13.4. The number of phenolic OH excluding ortho intramolecular Hbond substituents is 1. The standard InChI is InChI=1S/C30H27Cl2FN2O6/c1-3-12-34-25(37)20-11-10-18-21(23(20)26(34)38)14-29(31)27(39)35(16-6-4-15(33)5-7-16)28(40)30(29,32)24(18)19-9-8-17(36)13-22(19)41-2/h4-10,13,20-21,23-24,36H,3,11-12,14H2,1-2H3. The number of hydrogen-bond donors (Lipinski definition) is 1. The Labute approximate surface area is 245 Å². The van der Waals surface area contributed by atoms with E-state index < -0.39 is 51.1 Å². The number of halogens is 3. The Kier molecular flexibility index (Phi) is 6.46. The summed E-state index contributed by atoms with van der Waals surface area (Å²) in [4.78, 5) is 53.5. The Bertz CT molecular complexity index is 1530. The molecule has 0 aromatic heterocycles. The van der Waals surface area contributed by atoms with Crippen LogP contribution in [0.4, 0.5) is 10.1 Å². The van der Waals surface area contributed by atoms with Gasteiger partial charge in [-0.2, -0.15) is 0 Å². The highest BCUT2D eigenvalue weighted by atomic mass is 35.5. The Balaban J connectivity index is 1.57. The van der Waals surface area contributed by atoms with Crippen LogP contribution in [0.25, 0.3) is 0 Å². The maximum Gasteiger partial charge on any atom is 0.258 e. The van der Waals surface area contributed by atoms with Crippen molar-refractivity contribution < 1.29 is 33.4 Å². The molecule has 1 saturated carbocycles. The predicted octanol–water partition coefficient (Wildman–Crippen LogP) is 4.51. The molecule has 4 aliphatic rings. The van der Waals surface area contributed by atoms with Gasteiger partial charge in [0.15, 0.2) is 9.75 Å². The molecule has 11 heteroatoms. The van der Waals surface area contributed by atoms with Crippen LogP contribution in [0.5, 0.6) is 11.5 Å². The van der Waals surface area contributed by atoms with E-state index in [1.54, 1.807) is 6.07 Å². The maximum absolute atomic E-state index is 14.3. The fraction of sp³-hybridized carbons (Fsp3) is 0.400. The molecule has 6 unspecified atom stereocenters. The number of phenols is 1. The van der Waals surface area contributed by atoms with E-state index in [1.165, 1.54) is 36.3 Å². The largest absolute Gasteiger partial charge is 0.508 e. The van der Waals surface area contributed by atoms with E-state index >= 15 is 0 Å². The van der Waals surface area contributed by atoms with Crippen molar-refractivity contribution in [1.29, 1.82) is 0 Å². The highest BCUT2D eigenvalue weighted by Crippen LogP contribution is 2.66. The van der Waals surface area contributed by atoms with Crippen LogP contribution in [0.2, 0.25) is 0 Å². The number of nitrogens with zero attached hydrogens (tertiary/aromatic N) is 2. The fourth-order valence-electron chi connectivity index (χ4n) is 7.19. The van der Waals surface area contributed by atoms with E-state index in [0.717, 1.165) is 17.0 Å². The maximum atomic E-state index is 14.3. The summed E-state index contributed by atoms with van der Waals surface area (Å²) < 4.78 is 19.3. The van der Waals surface area contributed by atoms with Crippen molar-refractivity contribution in [2.24, 2.45) is 17.8 Å². The third-order valence-corrected chi connectivity index (χ3v) is 10.4. The molecule has 2 aliphatic heterocycles. The number of methoxy groups -OCH3 is 1. The number of anilines is 1. The molecular weight excluding hydrogens is 574 g/mol. The molecule has 6 atom stereocenters. The van der Waals surface area contributed by atoms with Crippen LogP contribution in [0.15, 0.2) is 54.1 Å². The van der Waals surface area contributed by atoms with Gasteiger partial charge in [-0.05, 0) is 55.5 Å². The van der Waals surface area contributed by atoms with Gasteiger partial charge >= 0.3 is 0 Å². The number of likely N-dealkylation sites (tertiary alicyclic amines) is 1. The zero-order valence-corrected chi connectivity index (χ0v) is 23.8. The van der Waals surface area contributed by atoms with E-state index in [0.29, 0.717) is 17.6 Å². The van der Waals surface area contributed by atoms with E-state index in [9.17, 15) is 28.7 Å². The third kappa shape index (κ3) is 3.64. The summed E-state index contributed by atoms with van der Waals surface area (Å²) >= 11 is 14.6. The lowest BCUT2D eigenvalue weighted by atomic mass is 9.56. The van der Waals surface area contributed by atoms with Crippen LogP contribution >= 0.6 is 23.2 Å². The van der Waals surface area contributed by atoms with Crippen LogP contribution in [-0.2, 0) is 19.2 Å². The fourth-order valence-corrected chi connectivity index (χ4v) is 8.12. The van der Waals surface area contributed by atoms with E-state index in [2.05, 4.69) is 0 Å². The summed E-state index contributed by atoms with van der Waals surface area (Å²) in [6.07, 6.45) is 2.52. The number of allylic oxidation sites excluding steroid dienone is 2. The molecule has 2 saturated heterocycles. The van der Waals surface area contributed by atoms with Crippen molar-refractivity contribution >= 4 is 52.5 Å². The monoisotopic (exact) mass is 600 g/mol. The lowest BCUT2D eigenvalue weighted by molar-refractivity contribution is -0.140. The van der Waals surface area contributed by atoms with Gasteiger partial charge in [-0.25, -0.2) is 9.29 Å². The second-order valence-corrected chi connectivity index (χ2v) is 12.2. The third-order valence-electron chi connectivity index (χ3n) is 8.96. The van der Waals surface area contributed by atoms with E-state index in [-0.39, 0.29) is 48.4 Å². The molecular formula is C30H27Cl2FN2O6. The molecule has 8 nitrogen and oxygen atoms in total. The highest BCUT2D eigenvalue weighted by Gasteiger charge is 2.76. The first-order chi connectivity index (χ1) is 19.5. The molecule has 2 heterocycles. The van der Waals surface area contributed by atoms with Gasteiger partial charge in [-0.15, -0.1) is 23.2 Å². The molecule has 0 spiro atoms. The summed E-state index contributed by atoms with van der Waals surface area (Å²) in [5, 5.41) is 10.2.